The Morgan fingerprint density at radius 3 is 2.83 bits per heavy atom. The van der Waals surface area contributed by atoms with Crippen LogP contribution in [0.25, 0.3) is 0 Å². The third-order valence-electron chi connectivity index (χ3n) is 4.32. The summed E-state index contributed by atoms with van der Waals surface area (Å²) < 4.78 is 0. The first kappa shape index (κ1) is 16.4. The molecule has 0 aliphatic carbocycles. The van der Waals surface area contributed by atoms with E-state index < -0.39 is 0 Å². The van der Waals surface area contributed by atoms with E-state index in [1.54, 1.807) is 11.8 Å². The fourth-order valence-corrected chi connectivity index (χ4v) is 3.66. The third-order valence-corrected chi connectivity index (χ3v) is 5.37. The summed E-state index contributed by atoms with van der Waals surface area (Å²) in [4.78, 5) is 16.0. The molecule has 1 aliphatic heterocycles. The maximum absolute atomic E-state index is 13.0. The van der Waals surface area contributed by atoms with Crippen LogP contribution in [0.4, 0.5) is 5.69 Å². The van der Waals surface area contributed by atoms with Gasteiger partial charge in [0.25, 0.3) is 5.91 Å². The maximum Gasteiger partial charge on any atom is 0.259 e. The van der Waals surface area contributed by atoms with Gasteiger partial charge >= 0.3 is 0 Å². The Morgan fingerprint density at radius 2 is 2.09 bits per heavy atom. The van der Waals surface area contributed by atoms with Crippen LogP contribution in [-0.4, -0.2) is 18.7 Å². The number of benzene rings is 2. The lowest BCUT2D eigenvalue weighted by atomic mass is 9.97. The minimum absolute atomic E-state index is 0.00361. The molecule has 0 unspecified atom stereocenters. The van der Waals surface area contributed by atoms with Gasteiger partial charge in [-0.3, -0.25) is 4.79 Å². The molecule has 1 heterocycles. The second-order valence-electron chi connectivity index (χ2n) is 5.72. The Morgan fingerprint density at radius 1 is 1.26 bits per heavy atom. The van der Waals surface area contributed by atoms with E-state index >= 15 is 0 Å². The van der Waals surface area contributed by atoms with Crippen LogP contribution in [0.5, 0.6) is 0 Å². The topological polar surface area (TPSA) is 20.3 Å². The molecular weight excluding hydrogens is 326 g/mol. The van der Waals surface area contributed by atoms with E-state index in [-0.39, 0.29) is 5.91 Å². The van der Waals surface area contributed by atoms with E-state index in [1.807, 2.05) is 29.4 Å². The molecule has 0 fully saturated rings. The Kier molecular flexibility index (Phi) is 4.98. The molecule has 1 aliphatic rings. The average Bonchev–Trinajstić information content (AvgIpc) is 2.60. The number of hydrogen-bond donors (Lipinski definition) is 0. The van der Waals surface area contributed by atoms with Crippen LogP contribution < -0.4 is 4.90 Å². The molecular formula is C19H20ClNOS. The zero-order valence-corrected chi connectivity index (χ0v) is 15.0. The van der Waals surface area contributed by atoms with E-state index in [4.69, 9.17) is 11.6 Å². The molecule has 1 amide bonds. The van der Waals surface area contributed by atoms with Crippen molar-refractivity contribution in [2.24, 2.45) is 0 Å². The molecule has 120 valence electrons. The van der Waals surface area contributed by atoms with E-state index in [9.17, 15) is 4.79 Å². The van der Waals surface area contributed by atoms with Crippen LogP contribution >= 0.6 is 23.4 Å². The largest absolute Gasteiger partial charge is 0.308 e. The molecule has 0 atom stereocenters. The summed E-state index contributed by atoms with van der Waals surface area (Å²) in [5.41, 5.74) is 4.21. The van der Waals surface area contributed by atoms with Gasteiger partial charge in [0, 0.05) is 17.1 Å². The Balaban J connectivity index is 1.99. The highest BCUT2D eigenvalue weighted by Crippen LogP contribution is 2.32. The van der Waals surface area contributed by atoms with Gasteiger partial charge in [0.15, 0.2) is 0 Å². The van der Waals surface area contributed by atoms with Gasteiger partial charge in [-0.25, -0.2) is 0 Å². The zero-order chi connectivity index (χ0) is 16.4. The van der Waals surface area contributed by atoms with Crippen molar-refractivity contribution in [3.8, 4) is 0 Å². The molecule has 2 aromatic carbocycles. The Labute approximate surface area is 146 Å². The lowest BCUT2D eigenvalue weighted by molar-refractivity contribution is 0.0985. The summed E-state index contributed by atoms with van der Waals surface area (Å²) in [6, 6.07) is 12.1. The van der Waals surface area contributed by atoms with Gasteiger partial charge < -0.3 is 4.90 Å². The number of hydrogen-bond acceptors (Lipinski definition) is 2. The van der Waals surface area contributed by atoms with E-state index in [1.165, 1.54) is 11.1 Å². The van der Waals surface area contributed by atoms with Gasteiger partial charge in [0.1, 0.15) is 0 Å². The quantitative estimate of drug-likeness (QED) is 0.711. The number of thioether (sulfide) groups is 1. The summed E-state index contributed by atoms with van der Waals surface area (Å²) in [6.07, 6.45) is 5.04. The first-order valence-corrected chi connectivity index (χ1v) is 9.51. The molecule has 0 saturated carbocycles. The van der Waals surface area contributed by atoms with E-state index in [0.29, 0.717) is 10.6 Å². The smallest absolute Gasteiger partial charge is 0.259 e. The summed E-state index contributed by atoms with van der Waals surface area (Å²) in [5, 5.41) is 0.519. The first-order valence-electron chi connectivity index (χ1n) is 7.91. The van der Waals surface area contributed by atoms with Crippen LogP contribution in [0.3, 0.4) is 0 Å². The molecule has 0 bridgehead atoms. The second kappa shape index (κ2) is 6.98. The van der Waals surface area contributed by atoms with Crippen molar-refractivity contribution >= 4 is 35.0 Å². The number of carbonyl (C=O) groups excluding carboxylic acids is 1. The molecule has 0 spiro atoms. The fraction of sp³-hybridized carbons (Fsp3) is 0.316. The van der Waals surface area contributed by atoms with Crippen molar-refractivity contribution in [1.82, 2.24) is 0 Å². The lowest BCUT2D eigenvalue weighted by Gasteiger charge is -2.30. The summed E-state index contributed by atoms with van der Waals surface area (Å²) in [6.45, 7) is 2.90. The molecule has 2 aromatic rings. The van der Waals surface area contributed by atoms with Crippen molar-refractivity contribution in [2.45, 2.75) is 31.1 Å². The number of nitrogens with zero attached hydrogens (tertiary/aromatic N) is 1. The molecule has 0 N–H and O–H groups in total. The number of amides is 1. The Hall–Kier alpha value is -1.45. The van der Waals surface area contributed by atoms with Gasteiger partial charge in [-0.2, -0.15) is 0 Å². The predicted molar refractivity (Wildman–Crippen MR) is 99.1 cm³/mol. The SMILES string of the molecule is CCc1ccc2c(c1)CCCN2C(=O)c1cc(SC)ccc1Cl. The van der Waals surface area contributed by atoms with Gasteiger partial charge in [-0.05, 0) is 60.9 Å². The van der Waals surface area contributed by atoms with E-state index in [0.717, 1.165) is 36.4 Å². The third kappa shape index (κ3) is 3.26. The van der Waals surface area contributed by atoms with Crippen molar-refractivity contribution in [1.29, 1.82) is 0 Å². The molecule has 0 radical (unpaired) electrons. The monoisotopic (exact) mass is 345 g/mol. The number of carbonyl (C=O) groups is 1. The van der Waals surface area contributed by atoms with E-state index in [2.05, 4.69) is 25.1 Å². The highest BCUT2D eigenvalue weighted by molar-refractivity contribution is 7.98. The zero-order valence-electron chi connectivity index (χ0n) is 13.4. The van der Waals surface area contributed by atoms with Crippen LogP contribution in [0.2, 0.25) is 5.02 Å². The van der Waals surface area contributed by atoms with Gasteiger partial charge in [-0.15, -0.1) is 11.8 Å². The predicted octanol–water partition coefficient (Wildman–Crippen LogP) is 5.22. The number of aryl methyl sites for hydroxylation is 2. The standard InChI is InChI=1S/C19H20ClNOS/c1-3-13-6-9-18-14(11-13)5-4-10-21(18)19(22)16-12-15(23-2)7-8-17(16)20/h6-9,11-12H,3-5,10H2,1-2H3. The van der Waals surface area contributed by atoms with Crippen molar-refractivity contribution < 1.29 is 4.79 Å². The molecule has 23 heavy (non-hydrogen) atoms. The van der Waals surface area contributed by atoms with Gasteiger partial charge in [0.05, 0.1) is 10.6 Å². The van der Waals surface area contributed by atoms with Crippen LogP contribution in [0.15, 0.2) is 41.3 Å². The van der Waals surface area contributed by atoms with Crippen molar-refractivity contribution in [2.75, 3.05) is 17.7 Å². The highest BCUT2D eigenvalue weighted by Gasteiger charge is 2.25. The number of rotatable bonds is 3. The van der Waals surface area contributed by atoms with Crippen molar-refractivity contribution in [3.05, 3.63) is 58.1 Å². The molecule has 4 heteroatoms. The second-order valence-corrected chi connectivity index (χ2v) is 7.01. The van der Waals surface area contributed by atoms with Crippen LogP contribution in [0.1, 0.15) is 34.8 Å². The molecule has 3 rings (SSSR count). The Bertz CT molecular complexity index is 744. The summed E-state index contributed by atoms with van der Waals surface area (Å²) >= 11 is 7.90. The minimum Gasteiger partial charge on any atom is -0.308 e. The van der Waals surface area contributed by atoms with Crippen LogP contribution in [0, 0.1) is 0 Å². The first-order chi connectivity index (χ1) is 11.1. The van der Waals surface area contributed by atoms with Crippen LogP contribution in [-0.2, 0) is 12.8 Å². The average molecular weight is 346 g/mol. The minimum atomic E-state index is -0.00361. The maximum atomic E-state index is 13.0. The van der Waals surface area contributed by atoms with Gasteiger partial charge in [0.2, 0.25) is 0 Å². The summed E-state index contributed by atoms with van der Waals surface area (Å²) in [5.74, 6) is -0.00361. The number of anilines is 1. The highest BCUT2D eigenvalue weighted by atomic mass is 35.5. The normalized spacial score (nSPS) is 13.8. The lowest BCUT2D eigenvalue weighted by Crippen LogP contribution is -2.35. The molecule has 0 saturated heterocycles. The van der Waals surface area contributed by atoms with Gasteiger partial charge in [-0.1, -0.05) is 30.7 Å². The molecule has 2 nitrogen and oxygen atoms in total. The number of halogens is 1. The summed E-state index contributed by atoms with van der Waals surface area (Å²) in [7, 11) is 0. The van der Waals surface area contributed by atoms with Crippen molar-refractivity contribution in [3.63, 3.8) is 0 Å². The fourth-order valence-electron chi connectivity index (χ4n) is 3.02. The number of fused-ring (bicyclic) bond motifs is 1. The molecule has 0 aromatic heterocycles.